The number of carbonyl (C=O) groups excluding carboxylic acids is 1. The third kappa shape index (κ3) is 6.09. The molecule has 0 unspecified atom stereocenters. The Balaban J connectivity index is 1.43. The molecule has 0 aliphatic carbocycles. The zero-order valence-corrected chi connectivity index (χ0v) is 17.4. The Morgan fingerprint density at radius 3 is 2.55 bits per heavy atom. The number of anilines is 1. The van der Waals surface area contributed by atoms with E-state index in [0.717, 1.165) is 49.0 Å². The fourth-order valence-electron chi connectivity index (χ4n) is 3.17. The van der Waals surface area contributed by atoms with Gasteiger partial charge in [0.1, 0.15) is 6.54 Å². The summed E-state index contributed by atoms with van der Waals surface area (Å²) in [6.45, 7) is 3.88. The fraction of sp³-hybridized carbons (Fsp3) is 0.381. The molecule has 1 aromatic heterocycles. The molecule has 1 saturated heterocycles. The molecule has 1 aliphatic heterocycles. The van der Waals surface area contributed by atoms with Crippen LogP contribution in [0.3, 0.4) is 0 Å². The maximum Gasteiger partial charge on any atom is 0.244 e. The van der Waals surface area contributed by atoms with Crippen LogP contribution in [0.5, 0.6) is 0 Å². The largest absolute Gasteiger partial charge is 0.370 e. The Labute approximate surface area is 176 Å². The number of hydrogen-bond acceptors (Lipinski definition) is 4. The second kappa shape index (κ2) is 10.1. The number of aliphatic imine (C=N–C) groups is 1. The van der Waals surface area contributed by atoms with Gasteiger partial charge in [0, 0.05) is 68.8 Å². The fourth-order valence-corrected chi connectivity index (χ4v) is 3.29. The minimum atomic E-state index is -0.0521. The standard InChI is InChI=1S/C21H27ClN6O/c1-26(11-9-18-4-2-3-10-24-18)20(29)16-25-21(23)28-14-12-27(13-15-28)19-7-5-17(22)6-8-19/h2-8,10H,9,11-16H2,1H3,(H2,23,25). The van der Waals surface area contributed by atoms with Crippen LogP contribution in [-0.4, -0.2) is 73.0 Å². The van der Waals surface area contributed by atoms with E-state index in [0.29, 0.717) is 12.5 Å². The van der Waals surface area contributed by atoms with Crippen LogP contribution in [0.2, 0.25) is 5.02 Å². The minimum absolute atomic E-state index is 0.0521. The van der Waals surface area contributed by atoms with Gasteiger partial charge in [-0.15, -0.1) is 0 Å². The van der Waals surface area contributed by atoms with E-state index in [1.165, 1.54) is 0 Å². The predicted octanol–water partition coefficient (Wildman–Crippen LogP) is 1.87. The number of pyridine rings is 1. The summed E-state index contributed by atoms with van der Waals surface area (Å²) < 4.78 is 0. The Morgan fingerprint density at radius 1 is 1.17 bits per heavy atom. The molecule has 1 amide bonds. The Kier molecular flexibility index (Phi) is 7.30. The Bertz CT molecular complexity index is 819. The van der Waals surface area contributed by atoms with Gasteiger partial charge in [-0.05, 0) is 36.4 Å². The summed E-state index contributed by atoms with van der Waals surface area (Å²) in [5.74, 6) is 0.371. The van der Waals surface area contributed by atoms with Crippen molar-refractivity contribution in [2.24, 2.45) is 10.7 Å². The van der Waals surface area contributed by atoms with Gasteiger partial charge in [0.05, 0.1) is 0 Å². The number of amides is 1. The molecule has 0 radical (unpaired) electrons. The zero-order valence-electron chi connectivity index (χ0n) is 16.7. The lowest BCUT2D eigenvalue weighted by Crippen LogP contribution is -2.51. The van der Waals surface area contributed by atoms with E-state index in [9.17, 15) is 4.79 Å². The van der Waals surface area contributed by atoms with Gasteiger partial charge in [0.2, 0.25) is 5.91 Å². The van der Waals surface area contributed by atoms with E-state index >= 15 is 0 Å². The molecule has 29 heavy (non-hydrogen) atoms. The number of carbonyl (C=O) groups is 1. The van der Waals surface area contributed by atoms with Crippen LogP contribution in [-0.2, 0) is 11.2 Å². The molecule has 2 N–H and O–H groups in total. The average Bonchev–Trinajstić information content (AvgIpc) is 2.77. The van der Waals surface area contributed by atoms with E-state index in [-0.39, 0.29) is 12.5 Å². The summed E-state index contributed by atoms with van der Waals surface area (Å²) in [5.41, 5.74) is 8.24. The first-order valence-electron chi connectivity index (χ1n) is 9.72. The average molecular weight is 415 g/mol. The summed E-state index contributed by atoms with van der Waals surface area (Å²) in [6, 6.07) is 13.6. The van der Waals surface area contributed by atoms with Crippen LogP contribution >= 0.6 is 11.6 Å². The molecule has 2 aromatic rings. The summed E-state index contributed by atoms with van der Waals surface area (Å²) in [4.78, 5) is 26.9. The van der Waals surface area contributed by atoms with Crippen molar-refractivity contribution in [1.82, 2.24) is 14.8 Å². The molecule has 3 rings (SSSR count). The van der Waals surface area contributed by atoms with Crippen molar-refractivity contribution in [2.75, 3.05) is 51.2 Å². The number of nitrogens with two attached hydrogens (primary N) is 1. The van der Waals surface area contributed by atoms with Crippen LogP contribution in [0, 0.1) is 0 Å². The number of aromatic nitrogens is 1. The van der Waals surface area contributed by atoms with E-state index < -0.39 is 0 Å². The number of piperazine rings is 1. The van der Waals surface area contributed by atoms with Gasteiger partial charge in [-0.1, -0.05) is 17.7 Å². The molecule has 7 nitrogen and oxygen atoms in total. The molecule has 0 saturated carbocycles. The van der Waals surface area contributed by atoms with Crippen LogP contribution in [0.25, 0.3) is 0 Å². The molecule has 8 heteroatoms. The van der Waals surface area contributed by atoms with Gasteiger partial charge in [0.15, 0.2) is 5.96 Å². The maximum absolute atomic E-state index is 12.3. The van der Waals surface area contributed by atoms with Crippen LogP contribution in [0.1, 0.15) is 5.69 Å². The molecule has 154 valence electrons. The van der Waals surface area contributed by atoms with Crippen LogP contribution in [0.15, 0.2) is 53.7 Å². The van der Waals surface area contributed by atoms with Crippen molar-refractivity contribution in [2.45, 2.75) is 6.42 Å². The quantitative estimate of drug-likeness (QED) is 0.576. The molecule has 0 spiro atoms. The Morgan fingerprint density at radius 2 is 1.90 bits per heavy atom. The smallest absolute Gasteiger partial charge is 0.244 e. The second-order valence-electron chi connectivity index (χ2n) is 7.01. The molecular weight excluding hydrogens is 388 g/mol. The maximum atomic E-state index is 12.3. The van der Waals surface area contributed by atoms with E-state index in [2.05, 4.69) is 14.9 Å². The van der Waals surface area contributed by atoms with E-state index in [1.54, 1.807) is 18.1 Å². The summed E-state index contributed by atoms with van der Waals surface area (Å²) in [7, 11) is 1.78. The van der Waals surface area contributed by atoms with Crippen molar-refractivity contribution in [3.05, 3.63) is 59.4 Å². The van der Waals surface area contributed by atoms with Crippen molar-refractivity contribution < 1.29 is 4.79 Å². The molecule has 1 aliphatic rings. The summed E-state index contributed by atoms with van der Waals surface area (Å²) in [6.07, 6.45) is 2.48. The van der Waals surface area contributed by atoms with Gasteiger partial charge < -0.3 is 20.4 Å². The molecule has 0 bridgehead atoms. The van der Waals surface area contributed by atoms with Crippen LogP contribution < -0.4 is 10.6 Å². The molecule has 1 aromatic carbocycles. The third-order valence-corrected chi connectivity index (χ3v) is 5.28. The normalized spacial score (nSPS) is 14.8. The van der Waals surface area contributed by atoms with Gasteiger partial charge >= 0.3 is 0 Å². The second-order valence-corrected chi connectivity index (χ2v) is 7.45. The van der Waals surface area contributed by atoms with Crippen molar-refractivity contribution in [3.63, 3.8) is 0 Å². The van der Waals surface area contributed by atoms with E-state index in [1.807, 2.05) is 47.4 Å². The predicted molar refractivity (Wildman–Crippen MR) is 117 cm³/mol. The van der Waals surface area contributed by atoms with Gasteiger partial charge in [-0.25, -0.2) is 4.99 Å². The monoisotopic (exact) mass is 414 g/mol. The number of guanidine groups is 1. The molecule has 1 fully saturated rings. The Hall–Kier alpha value is -2.80. The van der Waals surface area contributed by atoms with Gasteiger partial charge in [-0.3, -0.25) is 9.78 Å². The lowest BCUT2D eigenvalue weighted by Gasteiger charge is -2.36. The highest BCUT2D eigenvalue weighted by atomic mass is 35.5. The number of hydrogen-bond donors (Lipinski definition) is 1. The first-order valence-corrected chi connectivity index (χ1v) is 10.1. The minimum Gasteiger partial charge on any atom is -0.370 e. The lowest BCUT2D eigenvalue weighted by molar-refractivity contribution is -0.128. The first-order chi connectivity index (χ1) is 14.0. The van der Waals surface area contributed by atoms with Crippen molar-refractivity contribution in [3.8, 4) is 0 Å². The summed E-state index contributed by atoms with van der Waals surface area (Å²) >= 11 is 5.96. The third-order valence-electron chi connectivity index (χ3n) is 5.03. The van der Waals surface area contributed by atoms with Gasteiger partial charge in [-0.2, -0.15) is 0 Å². The highest BCUT2D eigenvalue weighted by Gasteiger charge is 2.19. The zero-order chi connectivity index (χ0) is 20.6. The highest BCUT2D eigenvalue weighted by molar-refractivity contribution is 6.30. The molecule has 0 atom stereocenters. The highest BCUT2D eigenvalue weighted by Crippen LogP contribution is 2.19. The lowest BCUT2D eigenvalue weighted by atomic mass is 10.2. The number of likely N-dealkylation sites (N-methyl/N-ethyl adjacent to an activating group) is 1. The van der Waals surface area contributed by atoms with Crippen molar-refractivity contribution in [1.29, 1.82) is 0 Å². The van der Waals surface area contributed by atoms with Crippen molar-refractivity contribution >= 4 is 29.2 Å². The number of benzene rings is 1. The number of rotatable bonds is 6. The van der Waals surface area contributed by atoms with Crippen LogP contribution in [0.4, 0.5) is 5.69 Å². The SMILES string of the molecule is CN(CCc1ccccn1)C(=O)CN=C(N)N1CCN(c2ccc(Cl)cc2)CC1. The van der Waals surface area contributed by atoms with E-state index in [4.69, 9.17) is 17.3 Å². The number of nitrogens with zero attached hydrogens (tertiary/aromatic N) is 5. The number of halogens is 1. The molecular formula is C21H27ClN6O. The first kappa shape index (κ1) is 20.9. The topological polar surface area (TPSA) is 78.1 Å². The summed E-state index contributed by atoms with van der Waals surface area (Å²) in [5, 5.41) is 0.735. The van der Waals surface area contributed by atoms with Gasteiger partial charge in [0.25, 0.3) is 0 Å². The molecule has 2 heterocycles.